The highest BCUT2D eigenvalue weighted by Crippen LogP contribution is 2.27. The van der Waals surface area contributed by atoms with Crippen LogP contribution >= 0.6 is 0 Å². The highest BCUT2D eigenvalue weighted by molar-refractivity contribution is 5.35. The average Bonchev–Trinajstić information content (AvgIpc) is 2.47. The Morgan fingerprint density at radius 1 is 1.05 bits per heavy atom. The van der Waals surface area contributed by atoms with Gasteiger partial charge in [0, 0.05) is 5.56 Å². The maximum absolute atomic E-state index is 14.0. The summed E-state index contributed by atoms with van der Waals surface area (Å²) in [7, 11) is 0. The lowest BCUT2D eigenvalue weighted by Gasteiger charge is -2.20. The van der Waals surface area contributed by atoms with E-state index < -0.39 is 17.7 Å². The van der Waals surface area contributed by atoms with Crippen molar-refractivity contribution in [3.8, 4) is 0 Å². The van der Waals surface area contributed by atoms with Crippen molar-refractivity contribution in [1.82, 2.24) is 5.32 Å². The fourth-order valence-corrected chi connectivity index (χ4v) is 2.23. The Balaban J connectivity index is 2.47. The molecule has 0 amide bonds. The van der Waals surface area contributed by atoms with Crippen molar-refractivity contribution >= 4 is 0 Å². The summed E-state index contributed by atoms with van der Waals surface area (Å²) in [5, 5.41) is 3.14. The molecule has 0 fully saturated rings. The molecule has 2 aromatic rings. The Morgan fingerprint density at radius 3 is 2.48 bits per heavy atom. The minimum atomic E-state index is -0.900. The van der Waals surface area contributed by atoms with Gasteiger partial charge in [0.15, 0.2) is 11.6 Å². The van der Waals surface area contributed by atoms with Crippen molar-refractivity contribution in [3.05, 3.63) is 70.5 Å². The van der Waals surface area contributed by atoms with E-state index in [0.29, 0.717) is 17.7 Å². The number of nitrogens with one attached hydrogen (secondary N) is 1. The zero-order valence-electron chi connectivity index (χ0n) is 12.1. The first-order valence-corrected chi connectivity index (χ1v) is 6.98. The first-order chi connectivity index (χ1) is 10.0. The van der Waals surface area contributed by atoms with Crippen LogP contribution in [0.4, 0.5) is 13.2 Å². The van der Waals surface area contributed by atoms with Gasteiger partial charge in [-0.15, -0.1) is 0 Å². The molecule has 112 valence electrons. The molecule has 0 saturated heterocycles. The van der Waals surface area contributed by atoms with Crippen LogP contribution in [0.2, 0.25) is 0 Å². The maximum Gasteiger partial charge on any atom is 0.163 e. The van der Waals surface area contributed by atoms with Crippen LogP contribution in [0.25, 0.3) is 0 Å². The third kappa shape index (κ3) is 3.45. The monoisotopic (exact) mass is 293 g/mol. The zero-order chi connectivity index (χ0) is 15.4. The van der Waals surface area contributed by atoms with E-state index in [1.807, 2.05) is 6.92 Å². The van der Waals surface area contributed by atoms with Gasteiger partial charge < -0.3 is 5.32 Å². The molecule has 0 spiro atoms. The number of aryl methyl sites for hydroxylation is 1. The maximum atomic E-state index is 14.0. The van der Waals surface area contributed by atoms with Crippen molar-refractivity contribution in [2.75, 3.05) is 6.54 Å². The van der Waals surface area contributed by atoms with Crippen LogP contribution in [0, 0.1) is 24.4 Å². The molecule has 1 unspecified atom stereocenters. The van der Waals surface area contributed by atoms with Crippen molar-refractivity contribution in [2.24, 2.45) is 0 Å². The molecule has 0 aromatic heterocycles. The van der Waals surface area contributed by atoms with Crippen LogP contribution in [-0.2, 0) is 0 Å². The van der Waals surface area contributed by atoms with E-state index >= 15 is 0 Å². The van der Waals surface area contributed by atoms with Crippen molar-refractivity contribution in [1.29, 1.82) is 0 Å². The average molecular weight is 293 g/mol. The Bertz CT molecular complexity index is 625. The molecule has 0 saturated carbocycles. The van der Waals surface area contributed by atoms with E-state index in [9.17, 15) is 13.2 Å². The van der Waals surface area contributed by atoms with Gasteiger partial charge in [-0.3, -0.25) is 0 Å². The normalized spacial score (nSPS) is 12.4. The molecule has 0 aliphatic rings. The summed E-state index contributed by atoms with van der Waals surface area (Å²) in [6, 6.07) is 8.22. The van der Waals surface area contributed by atoms with E-state index in [1.54, 1.807) is 19.1 Å². The molecule has 1 nitrogen and oxygen atoms in total. The Morgan fingerprint density at radius 2 is 1.81 bits per heavy atom. The topological polar surface area (TPSA) is 12.0 Å². The fraction of sp³-hybridized carbons (Fsp3) is 0.294. The van der Waals surface area contributed by atoms with Gasteiger partial charge in [-0.05, 0) is 43.1 Å². The largest absolute Gasteiger partial charge is 0.306 e. The number of hydrogen-bond donors (Lipinski definition) is 1. The molecule has 2 rings (SSSR count). The van der Waals surface area contributed by atoms with Crippen LogP contribution < -0.4 is 5.32 Å². The van der Waals surface area contributed by atoms with Crippen LogP contribution in [0.5, 0.6) is 0 Å². The minimum absolute atomic E-state index is 0.187. The smallest absolute Gasteiger partial charge is 0.163 e. The zero-order valence-corrected chi connectivity index (χ0v) is 12.1. The summed E-state index contributed by atoms with van der Waals surface area (Å²) < 4.78 is 41.2. The number of rotatable bonds is 5. The highest BCUT2D eigenvalue weighted by Gasteiger charge is 2.20. The van der Waals surface area contributed by atoms with Crippen molar-refractivity contribution in [3.63, 3.8) is 0 Å². The lowest BCUT2D eigenvalue weighted by Crippen LogP contribution is -2.24. The Kier molecular flexibility index (Phi) is 5.02. The van der Waals surface area contributed by atoms with E-state index in [2.05, 4.69) is 5.32 Å². The summed E-state index contributed by atoms with van der Waals surface area (Å²) in [4.78, 5) is 0. The summed E-state index contributed by atoms with van der Waals surface area (Å²) in [6.07, 6.45) is 0.835. The lowest BCUT2D eigenvalue weighted by atomic mass is 9.96. The van der Waals surface area contributed by atoms with E-state index in [-0.39, 0.29) is 11.4 Å². The molecular weight excluding hydrogens is 275 g/mol. The minimum Gasteiger partial charge on any atom is -0.306 e. The second-order valence-corrected chi connectivity index (χ2v) is 5.04. The molecule has 21 heavy (non-hydrogen) atoms. The predicted octanol–water partition coefficient (Wildman–Crippen LogP) is 4.50. The number of hydrogen-bond acceptors (Lipinski definition) is 1. The molecule has 4 heteroatoms. The summed E-state index contributed by atoms with van der Waals surface area (Å²) in [5.41, 5.74) is 1.29. The third-order valence-electron chi connectivity index (χ3n) is 3.42. The molecule has 0 aliphatic heterocycles. The molecule has 0 heterocycles. The lowest BCUT2D eigenvalue weighted by molar-refractivity contribution is 0.479. The summed E-state index contributed by atoms with van der Waals surface area (Å²) in [5.74, 6) is -2.15. The van der Waals surface area contributed by atoms with Gasteiger partial charge in [0.05, 0.1) is 6.04 Å². The third-order valence-corrected chi connectivity index (χ3v) is 3.42. The quantitative estimate of drug-likeness (QED) is 0.855. The van der Waals surface area contributed by atoms with Gasteiger partial charge in [-0.1, -0.05) is 31.2 Å². The molecule has 0 aliphatic carbocycles. The van der Waals surface area contributed by atoms with Crippen LogP contribution in [0.15, 0.2) is 36.4 Å². The van der Waals surface area contributed by atoms with Crippen molar-refractivity contribution < 1.29 is 13.2 Å². The number of halogens is 3. The van der Waals surface area contributed by atoms with E-state index in [0.717, 1.165) is 12.5 Å². The van der Waals surface area contributed by atoms with Crippen molar-refractivity contribution in [2.45, 2.75) is 26.3 Å². The Labute approximate surface area is 122 Å². The molecule has 1 atom stereocenters. The molecule has 0 bridgehead atoms. The second kappa shape index (κ2) is 6.76. The van der Waals surface area contributed by atoms with Crippen LogP contribution in [0.3, 0.4) is 0 Å². The first-order valence-electron chi connectivity index (χ1n) is 6.98. The SMILES string of the molecule is CCCNC(c1ccc(C)c(F)c1)c1cccc(F)c1F. The standard InChI is InChI=1S/C17H18F3N/c1-3-9-21-17(12-8-7-11(2)15(19)10-12)13-5-4-6-14(18)16(13)20/h4-8,10,17,21H,3,9H2,1-2H3. The van der Waals surface area contributed by atoms with Gasteiger partial charge >= 0.3 is 0 Å². The molecule has 0 radical (unpaired) electrons. The predicted molar refractivity (Wildman–Crippen MR) is 77.6 cm³/mol. The Hall–Kier alpha value is -1.81. The summed E-state index contributed by atoms with van der Waals surface area (Å²) >= 11 is 0. The number of benzene rings is 2. The van der Waals surface area contributed by atoms with E-state index in [4.69, 9.17) is 0 Å². The second-order valence-electron chi connectivity index (χ2n) is 5.04. The highest BCUT2D eigenvalue weighted by atomic mass is 19.2. The fourth-order valence-electron chi connectivity index (χ4n) is 2.23. The van der Waals surface area contributed by atoms with Gasteiger partial charge in [0.25, 0.3) is 0 Å². The molecular formula is C17H18F3N. The van der Waals surface area contributed by atoms with Gasteiger partial charge in [0.1, 0.15) is 5.82 Å². The van der Waals surface area contributed by atoms with Crippen LogP contribution in [0.1, 0.15) is 36.1 Å². The van der Waals surface area contributed by atoms with Crippen LogP contribution in [-0.4, -0.2) is 6.54 Å². The van der Waals surface area contributed by atoms with E-state index in [1.165, 1.54) is 18.2 Å². The van der Waals surface area contributed by atoms with Gasteiger partial charge in [0.2, 0.25) is 0 Å². The first kappa shape index (κ1) is 15.6. The van der Waals surface area contributed by atoms with Gasteiger partial charge in [-0.25, -0.2) is 13.2 Å². The molecule has 2 aromatic carbocycles. The summed E-state index contributed by atoms with van der Waals surface area (Å²) in [6.45, 7) is 4.26. The molecule has 1 N–H and O–H groups in total. The van der Waals surface area contributed by atoms with Gasteiger partial charge in [-0.2, -0.15) is 0 Å².